The van der Waals surface area contributed by atoms with Gasteiger partial charge in [0.25, 0.3) is 0 Å². The van der Waals surface area contributed by atoms with Crippen molar-refractivity contribution in [3.8, 4) is 0 Å². The molecule has 2 rings (SSSR count). The Morgan fingerprint density at radius 2 is 2.11 bits per heavy atom. The first kappa shape index (κ1) is 15.3. The first-order valence-electron chi connectivity index (χ1n) is 8.32. The van der Waals surface area contributed by atoms with E-state index in [1.165, 1.54) is 64.7 Å². The second-order valence-electron chi connectivity index (χ2n) is 6.79. The summed E-state index contributed by atoms with van der Waals surface area (Å²) >= 11 is 0. The molecule has 0 aromatic heterocycles. The molecule has 0 amide bonds. The molecule has 0 aromatic carbocycles. The van der Waals surface area contributed by atoms with Gasteiger partial charge in [0, 0.05) is 26.2 Å². The summed E-state index contributed by atoms with van der Waals surface area (Å²) < 4.78 is 0. The molecule has 0 spiro atoms. The van der Waals surface area contributed by atoms with Crippen molar-refractivity contribution in [1.82, 2.24) is 10.2 Å². The van der Waals surface area contributed by atoms with Gasteiger partial charge in [-0.3, -0.25) is 0 Å². The lowest BCUT2D eigenvalue weighted by molar-refractivity contribution is 0.165. The number of hydrogen-bond donors (Lipinski definition) is 2. The Labute approximate surface area is 118 Å². The van der Waals surface area contributed by atoms with Gasteiger partial charge >= 0.3 is 0 Å². The fourth-order valence-electron chi connectivity index (χ4n) is 4.00. The number of nitrogens with one attached hydrogen (secondary N) is 1. The van der Waals surface area contributed by atoms with E-state index in [-0.39, 0.29) is 0 Å². The summed E-state index contributed by atoms with van der Waals surface area (Å²) in [5.74, 6) is 0.743. The van der Waals surface area contributed by atoms with Gasteiger partial charge in [0.05, 0.1) is 0 Å². The van der Waals surface area contributed by atoms with Crippen LogP contribution in [0.25, 0.3) is 0 Å². The van der Waals surface area contributed by atoms with Crippen LogP contribution in [-0.2, 0) is 0 Å². The number of rotatable bonds is 8. The van der Waals surface area contributed by atoms with E-state index in [1.807, 2.05) is 0 Å². The molecule has 112 valence electrons. The van der Waals surface area contributed by atoms with Crippen molar-refractivity contribution in [2.75, 3.05) is 39.3 Å². The Bertz CT molecular complexity index is 251. The van der Waals surface area contributed by atoms with E-state index in [0.29, 0.717) is 12.0 Å². The predicted octanol–water partition coefficient (Wildman–Crippen LogP) is 2.25. The third-order valence-corrected chi connectivity index (χ3v) is 5.06. The van der Waals surface area contributed by atoms with Crippen LogP contribution in [0.5, 0.6) is 0 Å². The number of aliphatic hydroxyl groups excluding tert-OH is 1. The molecule has 1 aliphatic carbocycles. The van der Waals surface area contributed by atoms with Gasteiger partial charge in [-0.2, -0.15) is 0 Å². The van der Waals surface area contributed by atoms with Crippen LogP contribution in [0.15, 0.2) is 0 Å². The minimum Gasteiger partial charge on any atom is -0.396 e. The van der Waals surface area contributed by atoms with Crippen molar-refractivity contribution < 1.29 is 5.11 Å². The molecule has 2 aliphatic rings. The van der Waals surface area contributed by atoms with Crippen LogP contribution in [0, 0.1) is 11.3 Å². The topological polar surface area (TPSA) is 35.5 Å². The molecule has 1 heterocycles. The summed E-state index contributed by atoms with van der Waals surface area (Å²) in [6.45, 7) is 8.73. The molecule has 3 heteroatoms. The Morgan fingerprint density at radius 3 is 2.79 bits per heavy atom. The SMILES string of the molecule is CCCNCC1(CN2CCC(CCO)C2)CCCC1. The maximum absolute atomic E-state index is 9.06. The van der Waals surface area contributed by atoms with E-state index in [9.17, 15) is 0 Å². The summed E-state index contributed by atoms with van der Waals surface area (Å²) in [7, 11) is 0. The highest BCUT2D eigenvalue weighted by atomic mass is 16.3. The quantitative estimate of drug-likeness (QED) is 0.663. The van der Waals surface area contributed by atoms with Gasteiger partial charge in [-0.05, 0) is 56.5 Å². The van der Waals surface area contributed by atoms with Crippen LogP contribution in [-0.4, -0.2) is 49.3 Å². The van der Waals surface area contributed by atoms with Gasteiger partial charge in [0.1, 0.15) is 0 Å². The first-order valence-corrected chi connectivity index (χ1v) is 8.32. The zero-order valence-electron chi connectivity index (χ0n) is 12.7. The van der Waals surface area contributed by atoms with Gasteiger partial charge < -0.3 is 15.3 Å². The summed E-state index contributed by atoms with van der Waals surface area (Å²) in [5.41, 5.74) is 0.545. The molecular weight excluding hydrogens is 236 g/mol. The number of likely N-dealkylation sites (tertiary alicyclic amines) is 1. The average molecular weight is 268 g/mol. The van der Waals surface area contributed by atoms with Crippen LogP contribution in [0.3, 0.4) is 0 Å². The largest absolute Gasteiger partial charge is 0.396 e. The molecule has 19 heavy (non-hydrogen) atoms. The van der Waals surface area contributed by atoms with E-state index in [0.717, 1.165) is 18.9 Å². The molecule has 0 bridgehead atoms. The zero-order valence-corrected chi connectivity index (χ0v) is 12.7. The van der Waals surface area contributed by atoms with E-state index in [1.54, 1.807) is 0 Å². The summed E-state index contributed by atoms with van der Waals surface area (Å²) in [6, 6.07) is 0. The summed E-state index contributed by atoms with van der Waals surface area (Å²) in [4.78, 5) is 2.67. The maximum Gasteiger partial charge on any atom is 0.0434 e. The smallest absolute Gasteiger partial charge is 0.0434 e. The molecule has 2 N–H and O–H groups in total. The number of aliphatic hydroxyl groups is 1. The predicted molar refractivity (Wildman–Crippen MR) is 80.3 cm³/mol. The Hall–Kier alpha value is -0.120. The maximum atomic E-state index is 9.06. The zero-order chi connectivity index (χ0) is 13.6. The molecule has 1 aliphatic heterocycles. The lowest BCUT2D eigenvalue weighted by Gasteiger charge is -2.34. The molecule has 3 nitrogen and oxygen atoms in total. The first-order chi connectivity index (χ1) is 9.28. The van der Waals surface area contributed by atoms with Gasteiger partial charge in [0.15, 0.2) is 0 Å². The van der Waals surface area contributed by atoms with Crippen LogP contribution in [0.4, 0.5) is 0 Å². The summed E-state index contributed by atoms with van der Waals surface area (Å²) in [5, 5.41) is 12.7. The third kappa shape index (κ3) is 4.44. The van der Waals surface area contributed by atoms with E-state index >= 15 is 0 Å². The van der Waals surface area contributed by atoms with Gasteiger partial charge in [-0.1, -0.05) is 19.8 Å². The van der Waals surface area contributed by atoms with Crippen LogP contribution >= 0.6 is 0 Å². The van der Waals surface area contributed by atoms with Gasteiger partial charge in [0.2, 0.25) is 0 Å². The monoisotopic (exact) mass is 268 g/mol. The van der Waals surface area contributed by atoms with E-state index < -0.39 is 0 Å². The molecule has 2 fully saturated rings. The molecule has 1 saturated carbocycles. The van der Waals surface area contributed by atoms with Crippen molar-refractivity contribution >= 4 is 0 Å². The minimum atomic E-state index is 0.363. The van der Waals surface area contributed by atoms with Gasteiger partial charge in [-0.25, -0.2) is 0 Å². The Balaban J connectivity index is 1.80. The summed E-state index contributed by atoms with van der Waals surface area (Å²) in [6.07, 6.45) is 9.17. The fourth-order valence-corrected chi connectivity index (χ4v) is 4.00. The van der Waals surface area contributed by atoms with Crippen molar-refractivity contribution in [2.45, 2.75) is 51.9 Å². The number of nitrogens with zero attached hydrogens (tertiary/aromatic N) is 1. The minimum absolute atomic E-state index is 0.363. The third-order valence-electron chi connectivity index (χ3n) is 5.06. The molecule has 1 atom stereocenters. The van der Waals surface area contributed by atoms with Crippen molar-refractivity contribution in [2.24, 2.45) is 11.3 Å². The Morgan fingerprint density at radius 1 is 1.32 bits per heavy atom. The van der Waals surface area contributed by atoms with E-state index in [2.05, 4.69) is 17.1 Å². The van der Waals surface area contributed by atoms with Crippen LogP contribution in [0.2, 0.25) is 0 Å². The highest BCUT2D eigenvalue weighted by Gasteiger charge is 2.36. The standard InChI is InChI=1S/C16H32N2O/c1-2-9-17-13-16(7-3-4-8-16)14-18-10-5-15(12-18)6-11-19/h15,17,19H,2-14H2,1H3. The number of hydrogen-bond acceptors (Lipinski definition) is 3. The fraction of sp³-hybridized carbons (Fsp3) is 1.00. The second kappa shape index (κ2) is 7.61. The second-order valence-corrected chi connectivity index (χ2v) is 6.79. The highest BCUT2D eigenvalue weighted by molar-refractivity contribution is 4.91. The molecule has 0 aromatic rings. The highest BCUT2D eigenvalue weighted by Crippen LogP contribution is 2.39. The average Bonchev–Trinajstić information content (AvgIpc) is 3.01. The van der Waals surface area contributed by atoms with Crippen molar-refractivity contribution in [3.63, 3.8) is 0 Å². The molecule has 1 unspecified atom stereocenters. The molecule has 0 radical (unpaired) electrons. The normalized spacial score (nSPS) is 27.2. The Kier molecular flexibility index (Phi) is 6.11. The van der Waals surface area contributed by atoms with E-state index in [4.69, 9.17) is 5.11 Å². The molecule has 1 saturated heterocycles. The lowest BCUT2D eigenvalue weighted by atomic mass is 9.85. The molecular formula is C16H32N2O. The van der Waals surface area contributed by atoms with Crippen LogP contribution < -0.4 is 5.32 Å². The van der Waals surface area contributed by atoms with Gasteiger partial charge in [-0.15, -0.1) is 0 Å². The lowest BCUT2D eigenvalue weighted by Crippen LogP contribution is -2.42. The van der Waals surface area contributed by atoms with Crippen molar-refractivity contribution in [1.29, 1.82) is 0 Å². The van der Waals surface area contributed by atoms with Crippen molar-refractivity contribution in [3.05, 3.63) is 0 Å². The van der Waals surface area contributed by atoms with Crippen LogP contribution in [0.1, 0.15) is 51.9 Å².